The fourth-order valence-corrected chi connectivity index (χ4v) is 2.07. The number of hydrogen-bond acceptors (Lipinski definition) is 3. The van der Waals surface area contributed by atoms with Crippen LogP contribution in [-0.2, 0) is 4.79 Å². The van der Waals surface area contributed by atoms with Crippen LogP contribution in [0.4, 0.5) is 0 Å². The molecule has 0 rings (SSSR count). The summed E-state index contributed by atoms with van der Waals surface area (Å²) in [5, 5.41) is 2.97. The molecule has 0 aliphatic carbocycles. The van der Waals surface area contributed by atoms with Crippen LogP contribution in [0, 0.1) is 11.8 Å². The van der Waals surface area contributed by atoms with Gasteiger partial charge < -0.3 is 11.1 Å². The van der Waals surface area contributed by atoms with Crippen molar-refractivity contribution < 1.29 is 4.79 Å². The molecule has 0 aromatic carbocycles. The maximum Gasteiger partial charge on any atom is 0.224 e. The smallest absolute Gasteiger partial charge is 0.224 e. The number of thioether (sulfide) groups is 1. The molecule has 0 saturated heterocycles. The van der Waals surface area contributed by atoms with Gasteiger partial charge in [-0.1, -0.05) is 20.3 Å². The van der Waals surface area contributed by atoms with E-state index in [1.54, 1.807) is 0 Å². The Bertz CT molecular complexity index is 186. The van der Waals surface area contributed by atoms with Gasteiger partial charge in [-0.3, -0.25) is 4.79 Å². The fraction of sp³-hybridized carbons (Fsp3) is 0.917. The van der Waals surface area contributed by atoms with E-state index in [0.717, 1.165) is 13.0 Å². The van der Waals surface area contributed by atoms with E-state index in [4.69, 9.17) is 5.73 Å². The Kier molecular flexibility index (Phi) is 9.83. The van der Waals surface area contributed by atoms with Crippen molar-refractivity contribution in [1.82, 2.24) is 5.32 Å². The van der Waals surface area contributed by atoms with E-state index in [1.807, 2.05) is 25.6 Å². The first-order valence-corrected chi connectivity index (χ1v) is 7.49. The molecule has 0 aliphatic heterocycles. The molecule has 0 heterocycles. The summed E-state index contributed by atoms with van der Waals surface area (Å²) in [4.78, 5) is 11.7. The molecule has 4 heteroatoms. The van der Waals surface area contributed by atoms with Gasteiger partial charge in [0, 0.05) is 13.1 Å². The average molecular weight is 246 g/mol. The molecule has 0 bridgehead atoms. The van der Waals surface area contributed by atoms with Crippen molar-refractivity contribution in [3.63, 3.8) is 0 Å². The predicted molar refractivity (Wildman–Crippen MR) is 72.6 cm³/mol. The SMILES string of the molecule is CSCCCCCNC(=O)C(CN)C(C)C. The average Bonchev–Trinajstić information content (AvgIpc) is 2.23. The van der Waals surface area contributed by atoms with Gasteiger partial charge in [0.25, 0.3) is 0 Å². The van der Waals surface area contributed by atoms with E-state index in [1.165, 1.54) is 18.6 Å². The molecule has 0 fully saturated rings. The van der Waals surface area contributed by atoms with Crippen LogP contribution in [0.1, 0.15) is 33.1 Å². The number of carbonyl (C=O) groups is 1. The van der Waals surface area contributed by atoms with Crippen molar-refractivity contribution >= 4 is 17.7 Å². The highest BCUT2D eigenvalue weighted by Crippen LogP contribution is 2.09. The van der Waals surface area contributed by atoms with Gasteiger partial charge >= 0.3 is 0 Å². The Balaban J connectivity index is 3.56. The van der Waals surface area contributed by atoms with Crippen molar-refractivity contribution in [3.8, 4) is 0 Å². The van der Waals surface area contributed by atoms with Crippen LogP contribution in [0.25, 0.3) is 0 Å². The minimum absolute atomic E-state index is 0.0359. The van der Waals surface area contributed by atoms with E-state index < -0.39 is 0 Å². The summed E-state index contributed by atoms with van der Waals surface area (Å²) in [6.45, 7) is 5.30. The summed E-state index contributed by atoms with van der Waals surface area (Å²) in [6, 6.07) is 0. The topological polar surface area (TPSA) is 55.1 Å². The molecule has 3 nitrogen and oxygen atoms in total. The van der Waals surface area contributed by atoms with Crippen LogP contribution in [0.5, 0.6) is 0 Å². The summed E-state index contributed by atoms with van der Waals surface area (Å²) >= 11 is 1.87. The first-order chi connectivity index (χ1) is 7.63. The second-order valence-electron chi connectivity index (χ2n) is 4.43. The summed E-state index contributed by atoms with van der Waals surface area (Å²) in [7, 11) is 0. The molecule has 1 atom stereocenters. The summed E-state index contributed by atoms with van der Waals surface area (Å²) in [6.07, 6.45) is 5.62. The van der Waals surface area contributed by atoms with Crippen molar-refractivity contribution in [2.24, 2.45) is 17.6 Å². The summed E-state index contributed by atoms with van der Waals surface area (Å²) < 4.78 is 0. The summed E-state index contributed by atoms with van der Waals surface area (Å²) in [5.74, 6) is 1.61. The van der Waals surface area contributed by atoms with Crippen LogP contribution in [-0.4, -0.2) is 31.0 Å². The fourth-order valence-electron chi connectivity index (χ4n) is 1.57. The van der Waals surface area contributed by atoms with Crippen molar-refractivity contribution in [2.45, 2.75) is 33.1 Å². The van der Waals surface area contributed by atoms with E-state index in [0.29, 0.717) is 12.5 Å². The van der Waals surface area contributed by atoms with E-state index in [-0.39, 0.29) is 11.8 Å². The van der Waals surface area contributed by atoms with Crippen LogP contribution in [0.3, 0.4) is 0 Å². The van der Waals surface area contributed by atoms with Crippen molar-refractivity contribution in [3.05, 3.63) is 0 Å². The number of hydrogen-bond donors (Lipinski definition) is 2. The van der Waals surface area contributed by atoms with Gasteiger partial charge in [-0.2, -0.15) is 11.8 Å². The highest BCUT2D eigenvalue weighted by Gasteiger charge is 2.19. The van der Waals surface area contributed by atoms with Crippen molar-refractivity contribution in [2.75, 3.05) is 25.1 Å². The minimum atomic E-state index is -0.0359. The van der Waals surface area contributed by atoms with Crippen molar-refractivity contribution in [1.29, 1.82) is 0 Å². The van der Waals surface area contributed by atoms with Gasteiger partial charge in [0.15, 0.2) is 0 Å². The Labute approximate surface area is 104 Å². The molecule has 0 radical (unpaired) electrons. The third-order valence-corrected chi connectivity index (χ3v) is 3.42. The number of amides is 1. The predicted octanol–water partition coefficient (Wildman–Crippen LogP) is 1.87. The van der Waals surface area contributed by atoms with Gasteiger partial charge in [0.2, 0.25) is 5.91 Å². The molecule has 0 aliphatic rings. The molecule has 1 amide bonds. The molecule has 1 unspecified atom stereocenters. The lowest BCUT2D eigenvalue weighted by Crippen LogP contribution is -2.38. The molecule has 16 heavy (non-hydrogen) atoms. The Morgan fingerprint density at radius 2 is 2.00 bits per heavy atom. The van der Waals surface area contributed by atoms with Gasteiger partial charge in [0.05, 0.1) is 5.92 Å². The number of carbonyl (C=O) groups excluding carboxylic acids is 1. The van der Waals surface area contributed by atoms with E-state index in [9.17, 15) is 4.79 Å². The number of nitrogens with one attached hydrogen (secondary N) is 1. The first-order valence-electron chi connectivity index (χ1n) is 6.10. The standard InChI is InChI=1S/C12H26N2OS/c1-10(2)11(9-13)12(15)14-7-5-4-6-8-16-3/h10-11H,4-9,13H2,1-3H3,(H,14,15). The number of unbranched alkanes of at least 4 members (excludes halogenated alkanes) is 2. The van der Waals surface area contributed by atoms with Crippen LogP contribution in [0.2, 0.25) is 0 Å². The molecule has 3 N–H and O–H groups in total. The maximum absolute atomic E-state index is 11.7. The number of rotatable bonds is 9. The molecular weight excluding hydrogens is 220 g/mol. The van der Waals surface area contributed by atoms with Crippen LogP contribution < -0.4 is 11.1 Å². The lowest BCUT2D eigenvalue weighted by Gasteiger charge is -2.18. The first kappa shape index (κ1) is 15.8. The highest BCUT2D eigenvalue weighted by atomic mass is 32.2. The van der Waals surface area contributed by atoms with Gasteiger partial charge in [0.1, 0.15) is 0 Å². The molecular formula is C12H26N2OS. The lowest BCUT2D eigenvalue weighted by atomic mass is 9.95. The quantitative estimate of drug-likeness (QED) is 0.611. The highest BCUT2D eigenvalue weighted by molar-refractivity contribution is 7.98. The molecule has 0 spiro atoms. The van der Waals surface area contributed by atoms with Crippen LogP contribution in [0.15, 0.2) is 0 Å². The van der Waals surface area contributed by atoms with Gasteiger partial charge in [-0.25, -0.2) is 0 Å². The van der Waals surface area contributed by atoms with Gasteiger partial charge in [-0.05, 0) is 30.8 Å². The Hall–Kier alpha value is -0.220. The zero-order valence-corrected chi connectivity index (χ0v) is 11.6. The zero-order chi connectivity index (χ0) is 12.4. The molecule has 0 aromatic rings. The summed E-state index contributed by atoms with van der Waals surface area (Å²) in [5.41, 5.74) is 5.58. The Morgan fingerprint density at radius 3 is 2.50 bits per heavy atom. The molecule has 96 valence electrons. The third kappa shape index (κ3) is 7.12. The maximum atomic E-state index is 11.7. The molecule has 0 aromatic heterocycles. The van der Waals surface area contributed by atoms with Gasteiger partial charge in [-0.15, -0.1) is 0 Å². The number of nitrogens with two attached hydrogens (primary N) is 1. The van der Waals surface area contributed by atoms with E-state index >= 15 is 0 Å². The minimum Gasteiger partial charge on any atom is -0.356 e. The normalized spacial score (nSPS) is 12.8. The second-order valence-corrected chi connectivity index (χ2v) is 5.42. The monoisotopic (exact) mass is 246 g/mol. The lowest BCUT2D eigenvalue weighted by molar-refractivity contribution is -0.125. The molecule has 0 saturated carbocycles. The van der Waals surface area contributed by atoms with Crippen LogP contribution >= 0.6 is 11.8 Å². The van der Waals surface area contributed by atoms with E-state index in [2.05, 4.69) is 11.6 Å². The Morgan fingerprint density at radius 1 is 1.31 bits per heavy atom. The second kappa shape index (κ2) is 9.97. The zero-order valence-electron chi connectivity index (χ0n) is 10.8. The largest absolute Gasteiger partial charge is 0.356 e. The third-order valence-electron chi connectivity index (χ3n) is 2.72.